The smallest absolute Gasteiger partial charge is 0.341 e. The molecular weight excluding hydrogens is 315 g/mol. The molecule has 2 aromatic rings. The molecule has 6 nitrogen and oxygen atoms in total. The van der Waals surface area contributed by atoms with Gasteiger partial charge < -0.3 is 19.7 Å². The summed E-state index contributed by atoms with van der Waals surface area (Å²) >= 11 is 0. The average molecular weight is 332 g/mol. The van der Waals surface area contributed by atoms with Gasteiger partial charge in [-0.15, -0.1) is 0 Å². The number of benzene rings is 1. The topological polar surface area (TPSA) is 82.8 Å². The minimum atomic E-state index is -1.31. The highest BCUT2D eigenvalue weighted by Gasteiger charge is 2.31. The van der Waals surface area contributed by atoms with Crippen LogP contribution in [0.4, 0.5) is 10.1 Å². The number of halogens is 1. The van der Waals surface area contributed by atoms with Crippen molar-refractivity contribution in [2.45, 2.75) is 31.4 Å². The first-order valence-electron chi connectivity index (χ1n) is 8.01. The maximum atomic E-state index is 14.5. The molecule has 0 radical (unpaired) electrons. The van der Waals surface area contributed by atoms with Gasteiger partial charge in [0.05, 0.1) is 22.7 Å². The number of fused-ring (bicyclic) bond motifs is 1. The van der Waals surface area contributed by atoms with Crippen LogP contribution in [0.25, 0.3) is 10.9 Å². The van der Waals surface area contributed by atoms with E-state index in [0.717, 1.165) is 12.8 Å². The molecule has 2 fully saturated rings. The number of carboxylic acids is 1. The van der Waals surface area contributed by atoms with Crippen molar-refractivity contribution in [2.75, 3.05) is 18.0 Å². The molecule has 4 rings (SSSR count). The highest BCUT2D eigenvalue weighted by atomic mass is 19.1. The second-order valence-electron chi connectivity index (χ2n) is 6.49. The first-order valence-corrected chi connectivity index (χ1v) is 8.01. The minimum Gasteiger partial charge on any atom is -0.477 e. The van der Waals surface area contributed by atoms with Gasteiger partial charge in [-0.2, -0.15) is 0 Å². The number of anilines is 1. The van der Waals surface area contributed by atoms with Gasteiger partial charge in [0.25, 0.3) is 0 Å². The van der Waals surface area contributed by atoms with E-state index in [4.69, 9.17) is 0 Å². The fourth-order valence-corrected chi connectivity index (χ4v) is 3.46. The lowest BCUT2D eigenvalue weighted by atomic mass is 10.1. The van der Waals surface area contributed by atoms with Crippen molar-refractivity contribution in [3.63, 3.8) is 0 Å². The van der Waals surface area contributed by atoms with Crippen LogP contribution in [0.2, 0.25) is 0 Å². The van der Waals surface area contributed by atoms with Crippen molar-refractivity contribution in [3.8, 4) is 0 Å². The summed E-state index contributed by atoms with van der Waals surface area (Å²) in [6.45, 7) is 0.660. The van der Waals surface area contributed by atoms with Crippen LogP contribution in [0, 0.1) is 5.82 Å². The zero-order chi connectivity index (χ0) is 17.0. The number of β-amino-alcohol motifs (C(OH)–C–C–N with tert-alkyl or cyclic N) is 1. The van der Waals surface area contributed by atoms with Gasteiger partial charge >= 0.3 is 5.97 Å². The number of aromatic carboxylic acids is 1. The highest BCUT2D eigenvalue weighted by Crippen LogP contribution is 2.39. The fraction of sp³-hybridized carbons (Fsp3) is 0.412. The quantitative estimate of drug-likeness (QED) is 0.895. The second-order valence-corrected chi connectivity index (χ2v) is 6.49. The Labute approximate surface area is 136 Å². The standard InChI is InChI=1S/C17H17FN2O4/c18-12-3-4-13-14(15(12)19-6-5-10(21)7-19)16(22)11(17(23)24)8-20(13)9-1-2-9/h3-4,8-10,21H,1-2,5-7H2,(H,23,24). The molecule has 1 aliphatic carbocycles. The number of carboxylic acid groups (broad SMARTS) is 1. The summed E-state index contributed by atoms with van der Waals surface area (Å²) in [7, 11) is 0. The molecule has 24 heavy (non-hydrogen) atoms. The Kier molecular flexibility index (Phi) is 3.35. The van der Waals surface area contributed by atoms with Gasteiger partial charge in [0.15, 0.2) is 0 Å². The van der Waals surface area contributed by atoms with Gasteiger partial charge in [-0.25, -0.2) is 9.18 Å². The van der Waals surface area contributed by atoms with E-state index in [9.17, 15) is 24.2 Å². The number of pyridine rings is 1. The first-order chi connectivity index (χ1) is 11.5. The molecular formula is C17H17FN2O4. The zero-order valence-electron chi connectivity index (χ0n) is 12.9. The molecule has 1 saturated heterocycles. The molecule has 1 aromatic heterocycles. The minimum absolute atomic E-state index is 0.0934. The van der Waals surface area contributed by atoms with Gasteiger partial charge in [0.1, 0.15) is 11.4 Å². The summed E-state index contributed by atoms with van der Waals surface area (Å²) in [5.74, 6) is -1.88. The Morgan fingerprint density at radius 2 is 2.00 bits per heavy atom. The summed E-state index contributed by atoms with van der Waals surface area (Å²) in [4.78, 5) is 25.8. The lowest BCUT2D eigenvalue weighted by Gasteiger charge is -2.22. The van der Waals surface area contributed by atoms with Crippen LogP contribution in [-0.2, 0) is 0 Å². The second kappa shape index (κ2) is 5.31. The maximum absolute atomic E-state index is 14.5. The average Bonchev–Trinajstić information content (AvgIpc) is 3.29. The summed E-state index contributed by atoms with van der Waals surface area (Å²) in [5, 5.41) is 19.2. The van der Waals surface area contributed by atoms with Crippen LogP contribution in [0.3, 0.4) is 0 Å². The van der Waals surface area contributed by atoms with Crippen LogP contribution in [-0.4, -0.2) is 39.9 Å². The molecule has 0 bridgehead atoms. The highest BCUT2D eigenvalue weighted by molar-refractivity contribution is 5.98. The van der Waals surface area contributed by atoms with E-state index in [-0.39, 0.29) is 29.2 Å². The van der Waals surface area contributed by atoms with Gasteiger partial charge in [-0.1, -0.05) is 0 Å². The predicted octanol–water partition coefficient (Wildman–Crippen LogP) is 1.74. The Morgan fingerprint density at radius 1 is 1.25 bits per heavy atom. The van der Waals surface area contributed by atoms with E-state index in [0.29, 0.717) is 18.5 Å². The number of aliphatic hydroxyl groups excluding tert-OH is 1. The Hall–Kier alpha value is -2.41. The normalized spacial score (nSPS) is 20.8. The molecule has 2 aliphatic rings. The summed E-state index contributed by atoms with van der Waals surface area (Å²) < 4.78 is 16.3. The van der Waals surface area contributed by atoms with Crippen molar-refractivity contribution in [1.29, 1.82) is 0 Å². The first kappa shape index (κ1) is 15.1. The van der Waals surface area contributed by atoms with E-state index >= 15 is 0 Å². The SMILES string of the molecule is O=C(O)c1cn(C2CC2)c2ccc(F)c(N3CCC(O)C3)c2c1=O. The molecule has 2 heterocycles. The molecule has 0 spiro atoms. The third-order valence-corrected chi connectivity index (χ3v) is 4.78. The number of carbonyl (C=O) groups is 1. The molecule has 126 valence electrons. The molecule has 1 aliphatic heterocycles. The zero-order valence-corrected chi connectivity index (χ0v) is 12.9. The number of nitrogens with zero attached hydrogens (tertiary/aromatic N) is 2. The van der Waals surface area contributed by atoms with E-state index in [1.54, 1.807) is 9.47 Å². The van der Waals surface area contributed by atoms with E-state index in [1.165, 1.54) is 18.3 Å². The van der Waals surface area contributed by atoms with Crippen molar-refractivity contribution < 1.29 is 19.4 Å². The summed E-state index contributed by atoms with van der Waals surface area (Å²) in [6, 6.07) is 2.99. The molecule has 0 amide bonds. The van der Waals surface area contributed by atoms with Crippen molar-refractivity contribution >= 4 is 22.6 Å². The maximum Gasteiger partial charge on any atom is 0.341 e. The third-order valence-electron chi connectivity index (χ3n) is 4.78. The van der Waals surface area contributed by atoms with Crippen molar-refractivity contribution in [3.05, 3.63) is 39.9 Å². The molecule has 7 heteroatoms. The van der Waals surface area contributed by atoms with E-state index in [1.807, 2.05) is 0 Å². The van der Waals surface area contributed by atoms with Gasteiger partial charge in [0.2, 0.25) is 5.43 Å². The molecule has 2 N–H and O–H groups in total. The lowest BCUT2D eigenvalue weighted by molar-refractivity contribution is 0.0695. The number of hydrogen-bond donors (Lipinski definition) is 2. The number of aromatic nitrogens is 1. The Balaban J connectivity index is 2.06. The van der Waals surface area contributed by atoms with E-state index < -0.39 is 23.3 Å². The Morgan fingerprint density at radius 3 is 2.58 bits per heavy atom. The molecule has 1 atom stereocenters. The van der Waals surface area contributed by atoms with Crippen LogP contribution in [0.1, 0.15) is 35.7 Å². The number of hydrogen-bond acceptors (Lipinski definition) is 4. The summed E-state index contributed by atoms with van der Waals surface area (Å²) in [5.41, 5.74) is -0.372. The number of rotatable bonds is 3. The monoisotopic (exact) mass is 332 g/mol. The largest absolute Gasteiger partial charge is 0.477 e. The van der Waals surface area contributed by atoms with Gasteiger partial charge in [-0.05, 0) is 31.4 Å². The molecule has 1 aromatic carbocycles. The van der Waals surface area contributed by atoms with Crippen LogP contribution >= 0.6 is 0 Å². The molecule has 1 saturated carbocycles. The van der Waals surface area contributed by atoms with Crippen LogP contribution in [0.5, 0.6) is 0 Å². The van der Waals surface area contributed by atoms with Crippen molar-refractivity contribution in [2.24, 2.45) is 0 Å². The molecule has 1 unspecified atom stereocenters. The summed E-state index contributed by atoms with van der Waals surface area (Å²) in [6.07, 6.45) is 3.10. The fourth-order valence-electron chi connectivity index (χ4n) is 3.46. The predicted molar refractivity (Wildman–Crippen MR) is 86.2 cm³/mol. The van der Waals surface area contributed by atoms with E-state index in [2.05, 4.69) is 0 Å². The number of aliphatic hydroxyl groups is 1. The van der Waals surface area contributed by atoms with Crippen LogP contribution < -0.4 is 10.3 Å². The van der Waals surface area contributed by atoms with Gasteiger partial charge in [-0.3, -0.25) is 4.79 Å². The van der Waals surface area contributed by atoms with Gasteiger partial charge in [0, 0.05) is 25.3 Å². The van der Waals surface area contributed by atoms with Crippen molar-refractivity contribution in [1.82, 2.24) is 4.57 Å². The Bertz CT molecular complexity index is 904. The van der Waals surface area contributed by atoms with Crippen LogP contribution in [0.15, 0.2) is 23.1 Å². The third kappa shape index (κ3) is 2.27. The lowest BCUT2D eigenvalue weighted by Crippen LogP contribution is -2.26.